The number of piperidine rings is 1. The zero-order chi connectivity index (χ0) is 40.6. The molecule has 2 aliphatic heterocycles. The van der Waals surface area contributed by atoms with E-state index in [9.17, 15) is 33.6 Å². The summed E-state index contributed by atoms with van der Waals surface area (Å²) in [5.41, 5.74) is 1.82. The molecule has 1 fully saturated rings. The number of methoxy groups -OCH3 is 1. The largest absolute Gasteiger partial charge is 0.494 e. The van der Waals surface area contributed by atoms with Crippen LogP contribution in [0, 0.1) is 0 Å². The summed E-state index contributed by atoms with van der Waals surface area (Å²) >= 11 is 0. The van der Waals surface area contributed by atoms with Crippen LogP contribution in [-0.4, -0.2) is 118 Å². The van der Waals surface area contributed by atoms with E-state index in [1.165, 1.54) is 26.3 Å². The minimum atomic E-state index is -1.08. The van der Waals surface area contributed by atoms with E-state index in [-0.39, 0.29) is 67.3 Å². The minimum absolute atomic E-state index is 0.000514. The highest BCUT2D eigenvalue weighted by atomic mass is 16.5. The van der Waals surface area contributed by atoms with E-state index in [0.29, 0.717) is 28.5 Å². The first-order chi connectivity index (χ1) is 27.5. The second kappa shape index (κ2) is 17.5. The quantitative estimate of drug-likeness (QED) is 0.0662. The van der Waals surface area contributed by atoms with Crippen LogP contribution in [0.1, 0.15) is 50.5 Å². The number of carbonyl (C=O) groups is 7. The van der Waals surface area contributed by atoms with Crippen LogP contribution in [0.4, 0.5) is 22.9 Å². The zero-order valence-electron chi connectivity index (χ0n) is 31.0. The number of carbonyl (C=O) groups excluding carboxylic acids is 7. The number of fused-ring (bicyclic) bond motifs is 1. The van der Waals surface area contributed by atoms with Crippen molar-refractivity contribution in [3.05, 3.63) is 65.6 Å². The number of hydrogen-bond acceptors (Lipinski definition) is 15. The molecule has 21 nitrogen and oxygen atoms in total. The van der Waals surface area contributed by atoms with Gasteiger partial charge in [-0.3, -0.25) is 48.5 Å². The minimum Gasteiger partial charge on any atom is -0.494 e. The molecule has 0 spiro atoms. The lowest BCUT2D eigenvalue weighted by molar-refractivity contribution is -0.136. The Balaban J connectivity index is 0.967. The maximum absolute atomic E-state index is 13.2. The van der Waals surface area contributed by atoms with Crippen molar-refractivity contribution in [2.24, 2.45) is 7.05 Å². The number of anilines is 4. The van der Waals surface area contributed by atoms with Gasteiger partial charge in [-0.15, -0.1) is 10.2 Å². The fraction of sp³-hybridized carbons (Fsp3) is 0.306. The number of imide groups is 2. The van der Waals surface area contributed by atoms with Gasteiger partial charge in [0, 0.05) is 45.2 Å². The molecule has 2 aromatic heterocycles. The maximum Gasteiger partial charge on any atom is 0.273 e. The van der Waals surface area contributed by atoms with E-state index < -0.39 is 53.9 Å². The fourth-order valence-corrected chi connectivity index (χ4v) is 6.11. The van der Waals surface area contributed by atoms with Crippen molar-refractivity contribution < 1.29 is 43.0 Å². The standard InChI is InChI=1S/C36H38N12O9/c1-37-34(53)30-23(41-22-9-5-7-20(31(22)56-3)32-40-18-47(2)46-32)16-25(44-45-30)42-28(51)17-39-26(49)12-14-57-15-13-38-21-8-4-6-19-29(21)36(55)48(35(19)54)24-10-11-27(50)43-33(24)52/h4-9,16,18,24,38H,10-15,17H2,1-3H3,(H,37,53)(H,39,49)(H,43,50,52)(H2,41,42,44,51). The molecule has 6 rings (SSSR count). The van der Waals surface area contributed by atoms with Crippen molar-refractivity contribution in [2.45, 2.75) is 25.3 Å². The molecule has 4 aromatic rings. The molecule has 1 atom stereocenters. The summed E-state index contributed by atoms with van der Waals surface area (Å²) in [6.07, 6.45) is 1.55. The Morgan fingerprint density at radius 2 is 1.72 bits per heavy atom. The van der Waals surface area contributed by atoms with E-state index in [1.807, 2.05) is 0 Å². The molecule has 7 amide bonds. The Kier molecular flexibility index (Phi) is 12.1. The molecule has 2 aromatic carbocycles. The number of nitrogens with one attached hydrogen (secondary N) is 6. The summed E-state index contributed by atoms with van der Waals surface area (Å²) in [5.74, 6) is -3.20. The summed E-state index contributed by atoms with van der Waals surface area (Å²) in [4.78, 5) is 93.2. The fourth-order valence-electron chi connectivity index (χ4n) is 6.11. The van der Waals surface area contributed by atoms with Gasteiger partial charge in [0.25, 0.3) is 17.7 Å². The highest BCUT2D eigenvalue weighted by molar-refractivity contribution is 6.25. The average Bonchev–Trinajstić information content (AvgIpc) is 3.74. The first-order valence-electron chi connectivity index (χ1n) is 17.6. The smallest absolute Gasteiger partial charge is 0.273 e. The Bertz CT molecular complexity index is 2260. The van der Waals surface area contributed by atoms with Gasteiger partial charge in [-0.2, -0.15) is 5.10 Å². The Morgan fingerprint density at radius 1 is 0.947 bits per heavy atom. The molecular formula is C36H38N12O9. The lowest BCUT2D eigenvalue weighted by Gasteiger charge is -2.27. The molecule has 0 radical (unpaired) electrons. The number of para-hydroxylation sites is 1. The molecular weight excluding hydrogens is 744 g/mol. The van der Waals surface area contributed by atoms with E-state index >= 15 is 0 Å². The van der Waals surface area contributed by atoms with Gasteiger partial charge in [-0.25, -0.2) is 4.98 Å². The van der Waals surface area contributed by atoms with Gasteiger partial charge in [-0.1, -0.05) is 12.1 Å². The molecule has 296 valence electrons. The maximum atomic E-state index is 13.2. The van der Waals surface area contributed by atoms with Crippen LogP contribution < -0.4 is 36.6 Å². The average molecular weight is 783 g/mol. The molecule has 4 heterocycles. The third kappa shape index (κ3) is 8.83. The second-order valence-electron chi connectivity index (χ2n) is 12.6. The second-order valence-corrected chi connectivity index (χ2v) is 12.6. The number of rotatable bonds is 16. The molecule has 1 saturated heterocycles. The molecule has 57 heavy (non-hydrogen) atoms. The van der Waals surface area contributed by atoms with E-state index in [2.05, 4.69) is 52.2 Å². The van der Waals surface area contributed by atoms with Crippen LogP contribution in [0.3, 0.4) is 0 Å². The van der Waals surface area contributed by atoms with Crippen LogP contribution in [0.15, 0.2) is 48.8 Å². The van der Waals surface area contributed by atoms with Crippen LogP contribution >= 0.6 is 0 Å². The Morgan fingerprint density at radius 3 is 2.44 bits per heavy atom. The molecule has 0 aliphatic carbocycles. The van der Waals surface area contributed by atoms with Gasteiger partial charge in [0.05, 0.1) is 54.9 Å². The normalized spacial score (nSPS) is 14.8. The first kappa shape index (κ1) is 39.4. The first-order valence-corrected chi connectivity index (χ1v) is 17.6. The lowest BCUT2D eigenvalue weighted by Crippen LogP contribution is -2.54. The summed E-state index contributed by atoms with van der Waals surface area (Å²) in [7, 11) is 4.65. The van der Waals surface area contributed by atoms with Crippen molar-refractivity contribution in [1.82, 2.24) is 45.8 Å². The monoisotopic (exact) mass is 782 g/mol. The van der Waals surface area contributed by atoms with Crippen molar-refractivity contribution >= 4 is 64.2 Å². The van der Waals surface area contributed by atoms with Gasteiger partial charge >= 0.3 is 0 Å². The topological polar surface area (TPSA) is 270 Å². The number of ether oxygens (including phenoxy) is 2. The predicted molar refractivity (Wildman–Crippen MR) is 200 cm³/mol. The van der Waals surface area contributed by atoms with Gasteiger partial charge in [0.2, 0.25) is 23.6 Å². The van der Waals surface area contributed by atoms with E-state index in [0.717, 1.165) is 4.90 Å². The summed E-state index contributed by atoms with van der Waals surface area (Å²) in [6, 6.07) is 10.3. The van der Waals surface area contributed by atoms with E-state index in [4.69, 9.17) is 9.47 Å². The van der Waals surface area contributed by atoms with E-state index in [1.54, 1.807) is 48.4 Å². The number of benzene rings is 2. The number of hydrogen-bond donors (Lipinski definition) is 6. The molecule has 2 aliphatic rings. The highest BCUT2D eigenvalue weighted by Gasteiger charge is 2.45. The van der Waals surface area contributed by atoms with Gasteiger partial charge < -0.3 is 36.1 Å². The molecule has 6 N–H and O–H groups in total. The van der Waals surface area contributed by atoms with Crippen LogP contribution in [0.25, 0.3) is 11.4 Å². The van der Waals surface area contributed by atoms with Gasteiger partial charge in [0.1, 0.15) is 12.4 Å². The number of amides is 7. The third-order valence-electron chi connectivity index (χ3n) is 8.78. The van der Waals surface area contributed by atoms with Crippen LogP contribution in [0.5, 0.6) is 5.75 Å². The van der Waals surface area contributed by atoms with Crippen molar-refractivity contribution in [3.8, 4) is 17.1 Å². The van der Waals surface area contributed by atoms with Crippen LogP contribution in [-0.2, 0) is 31.0 Å². The van der Waals surface area contributed by atoms with Crippen molar-refractivity contribution in [1.29, 1.82) is 0 Å². The number of aromatic nitrogens is 5. The molecule has 21 heteroatoms. The molecule has 0 bridgehead atoms. The van der Waals surface area contributed by atoms with Crippen molar-refractivity contribution in [2.75, 3.05) is 56.4 Å². The lowest BCUT2D eigenvalue weighted by atomic mass is 10.0. The predicted octanol–water partition coefficient (Wildman–Crippen LogP) is 0.359. The third-order valence-corrected chi connectivity index (χ3v) is 8.78. The SMILES string of the molecule is CNC(=O)c1nnc(NC(=O)CNC(=O)CCOCCNc2cccc3c2C(=O)N(C2CCC(=O)NC2=O)C3=O)cc1Nc1cccc(-c2ncn(C)n2)c1OC. The van der Waals surface area contributed by atoms with Crippen molar-refractivity contribution in [3.63, 3.8) is 0 Å². The number of nitrogens with zero attached hydrogens (tertiary/aromatic N) is 6. The summed E-state index contributed by atoms with van der Waals surface area (Å²) in [6.45, 7) is -0.0216. The Hall–Kier alpha value is -7.29. The Labute approximate surface area is 324 Å². The number of aryl methyl sites for hydroxylation is 1. The zero-order valence-corrected chi connectivity index (χ0v) is 31.0. The molecule has 1 unspecified atom stereocenters. The summed E-state index contributed by atoms with van der Waals surface area (Å²) in [5, 5.41) is 28.2. The highest BCUT2D eigenvalue weighted by Crippen LogP contribution is 2.37. The summed E-state index contributed by atoms with van der Waals surface area (Å²) < 4.78 is 12.7. The molecule has 0 saturated carbocycles. The van der Waals surface area contributed by atoms with Gasteiger partial charge in [-0.05, 0) is 30.7 Å². The van der Waals surface area contributed by atoms with Crippen LogP contribution in [0.2, 0.25) is 0 Å². The van der Waals surface area contributed by atoms with Gasteiger partial charge in [0.15, 0.2) is 23.1 Å².